The topological polar surface area (TPSA) is 68.4 Å². The van der Waals surface area contributed by atoms with Crippen molar-refractivity contribution in [3.05, 3.63) is 36.0 Å². The van der Waals surface area contributed by atoms with Gasteiger partial charge in [-0.3, -0.25) is 0 Å². The molecule has 0 saturated carbocycles. The Morgan fingerprint density at radius 3 is 2.94 bits per heavy atom. The molecule has 1 aromatic heterocycles. The lowest BCUT2D eigenvalue weighted by atomic mass is 10.0. The highest BCUT2D eigenvalue weighted by molar-refractivity contribution is 5.87. The van der Waals surface area contributed by atoms with Gasteiger partial charge in [0.15, 0.2) is 0 Å². The van der Waals surface area contributed by atoms with Crippen LogP contribution in [0.4, 0.5) is 0 Å². The lowest BCUT2D eigenvalue weighted by Crippen LogP contribution is -2.11. The molecule has 0 amide bonds. The van der Waals surface area contributed by atoms with Crippen molar-refractivity contribution in [1.82, 2.24) is 4.98 Å². The van der Waals surface area contributed by atoms with Crippen molar-refractivity contribution in [2.75, 3.05) is 13.7 Å². The minimum absolute atomic E-state index is 0.216. The van der Waals surface area contributed by atoms with E-state index in [1.807, 2.05) is 24.3 Å². The number of methoxy groups -OCH3 is 1. The molecule has 1 heterocycles. The number of rotatable bonds is 3. The van der Waals surface area contributed by atoms with E-state index >= 15 is 0 Å². The number of hydrogen-bond acceptors (Lipinski definition) is 4. The second-order valence-electron chi connectivity index (χ2n) is 3.55. The van der Waals surface area contributed by atoms with E-state index in [0.717, 1.165) is 16.3 Å². The third-order valence-corrected chi connectivity index (χ3v) is 2.55. The number of pyridine rings is 1. The number of aliphatic hydroxyl groups is 1. The number of aliphatic hydroxyl groups excluding tert-OH is 1. The number of fused-ring (bicyclic) bond motifs is 1. The van der Waals surface area contributed by atoms with Crippen LogP contribution in [0.25, 0.3) is 10.8 Å². The van der Waals surface area contributed by atoms with Gasteiger partial charge >= 0.3 is 0 Å². The fourth-order valence-electron chi connectivity index (χ4n) is 1.67. The zero-order valence-corrected chi connectivity index (χ0v) is 9.05. The first-order valence-corrected chi connectivity index (χ1v) is 5.07. The second-order valence-corrected chi connectivity index (χ2v) is 3.55. The average Bonchev–Trinajstić information content (AvgIpc) is 2.36. The van der Waals surface area contributed by atoms with Crippen molar-refractivity contribution < 1.29 is 9.84 Å². The Labute approximate surface area is 93.7 Å². The minimum atomic E-state index is -0.622. The molecule has 1 unspecified atom stereocenters. The Morgan fingerprint density at radius 1 is 1.44 bits per heavy atom. The zero-order chi connectivity index (χ0) is 11.5. The van der Waals surface area contributed by atoms with Crippen LogP contribution in [0.2, 0.25) is 0 Å². The third-order valence-electron chi connectivity index (χ3n) is 2.55. The lowest BCUT2D eigenvalue weighted by Gasteiger charge is -2.10. The highest BCUT2D eigenvalue weighted by Crippen LogP contribution is 2.25. The molecule has 1 atom stereocenters. The SMILES string of the molecule is COc1nccc2cc(C(O)CN)ccc12. The Bertz CT molecular complexity index is 499. The summed E-state index contributed by atoms with van der Waals surface area (Å²) in [4.78, 5) is 4.11. The van der Waals surface area contributed by atoms with Crippen LogP contribution in [0.3, 0.4) is 0 Å². The van der Waals surface area contributed by atoms with Gasteiger partial charge in [0.1, 0.15) is 0 Å². The molecule has 0 aliphatic rings. The molecular weight excluding hydrogens is 204 g/mol. The number of ether oxygens (including phenoxy) is 1. The maximum Gasteiger partial charge on any atom is 0.221 e. The Morgan fingerprint density at radius 2 is 2.25 bits per heavy atom. The lowest BCUT2D eigenvalue weighted by molar-refractivity contribution is 0.187. The molecule has 0 bridgehead atoms. The molecule has 0 radical (unpaired) electrons. The summed E-state index contributed by atoms with van der Waals surface area (Å²) < 4.78 is 5.16. The average molecular weight is 218 g/mol. The summed E-state index contributed by atoms with van der Waals surface area (Å²) in [5.41, 5.74) is 6.23. The van der Waals surface area contributed by atoms with E-state index in [2.05, 4.69) is 4.98 Å². The van der Waals surface area contributed by atoms with E-state index in [4.69, 9.17) is 10.5 Å². The first-order valence-electron chi connectivity index (χ1n) is 5.07. The molecule has 0 spiro atoms. The van der Waals surface area contributed by atoms with Crippen molar-refractivity contribution in [2.24, 2.45) is 5.73 Å². The van der Waals surface area contributed by atoms with Gasteiger partial charge in [-0.25, -0.2) is 4.98 Å². The molecule has 0 aliphatic carbocycles. The van der Waals surface area contributed by atoms with Crippen LogP contribution in [0.5, 0.6) is 5.88 Å². The van der Waals surface area contributed by atoms with Gasteiger partial charge in [-0.05, 0) is 29.1 Å². The highest BCUT2D eigenvalue weighted by Gasteiger charge is 2.07. The van der Waals surface area contributed by atoms with Crippen LogP contribution >= 0.6 is 0 Å². The van der Waals surface area contributed by atoms with Gasteiger partial charge in [-0.1, -0.05) is 6.07 Å². The molecule has 3 N–H and O–H groups in total. The first-order chi connectivity index (χ1) is 7.76. The van der Waals surface area contributed by atoms with E-state index < -0.39 is 6.10 Å². The summed E-state index contributed by atoms with van der Waals surface area (Å²) in [5.74, 6) is 0.589. The zero-order valence-electron chi connectivity index (χ0n) is 9.05. The van der Waals surface area contributed by atoms with Gasteiger partial charge in [0.2, 0.25) is 5.88 Å². The molecule has 0 saturated heterocycles. The van der Waals surface area contributed by atoms with Gasteiger partial charge in [0.05, 0.1) is 13.2 Å². The van der Waals surface area contributed by atoms with Crippen LogP contribution in [0, 0.1) is 0 Å². The maximum atomic E-state index is 9.64. The van der Waals surface area contributed by atoms with Crippen molar-refractivity contribution in [2.45, 2.75) is 6.10 Å². The predicted molar refractivity (Wildman–Crippen MR) is 62.3 cm³/mol. The number of benzene rings is 1. The normalized spacial score (nSPS) is 12.7. The standard InChI is InChI=1S/C12H14N2O2/c1-16-12-10-3-2-9(11(15)7-13)6-8(10)4-5-14-12/h2-6,11,15H,7,13H2,1H3. The Kier molecular flexibility index (Phi) is 3.03. The van der Waals surface area contributed by atoms with E-state index in [9.17, 15) is 5.11 Å². The molecule has 16 heavy (non-hydrogen) atoms. The van der Waals surface area contributed by atoms with E-state index in [-0.39, 0.29) is 6.54 Å². The molecular formula is C12H14N2O2. The van der Waals surface area contributed by atoms with Crippen molar-refractivity contribution >= 4 is 10.8 Å². The molecule has 0 aliphatic heterocycles. The number of nitrogens with zero attached hydrogens (tertiary/aromatic N) is 1. The van der Waals surface area contributed by atoms with Crippen LogP contribution in [-0.2, 0) is 0 Å². The molecule has 0 fully saturated rings. The fourth-order valence-corrected chi connectivity index (χ4v) is 1.67. The predicted octanol–water partition coefficient (Wildman–Crippen LogP) is 1.24. The van der Waals surface area contributed by atoms with Gasteiger partial charge in [0.25, 0.3) is 0 Å². The quantitative estimate of drug-likeness (QED) is 0.813. The highest BCUT2D eigenvalue weighted by atomic mass is 16.5. The molecule has 4 nitrogen and oxygen atoms in total. The van der Waals surface area contributed by atoms with Crippen LogP contribution in [0.15, 0.2) is 30.5 Å². The molecule has 2 aromatic rings. The summed E-state index contributed by atoms with van der Waals surface area (Å²) in [7, 11) is 1.59. The number of hydrogen-bond donors (Lipinski definition) is 2. The molecule has 4 heteroatoms. The van der Waals surface area contributed by atoms with Crippen LogP contribution in [0.1, 0.15) is 11.7 Å². The fraction of sp³-hybridized carbons (Fsp3) is 0.250. The maximum absolute atomic E-state index is 9.64. The summed E-state index contributed by atoms with van der Waals surface area (Å²) in [6.45, 7) is 0.216. The summed E-state index contributed by atoms with van der Waals surface area (Å²) in [5, 5.41) is 11.6. The van der Waals surface area contributed by atoms with Gasteiger partial charge in [-0.15, -0.1) is 0 Å². The van der Waals surface area contributed by atoms with Gasteiger partial charge < -0.3 is 15.6 Å². The largest absolute Gasteiger partial charge is 0.481 e. The monoisotopic (exact) mass is 218 g/mol. The summed E-state index contributed by atoms with van der Waals surface area (Å²) in [6.07, 6.45) is 1.06. The van der Waals surface area contributed by atoms with E-state index in [1.54, 1.807) is 13.3 Å². The summed E-state index contributed by atoms with van der Waals surface area (Å²) >= 11 is 0. The minimum Gasteiger partial charge on any atom is -0.481 e. The van der Waals surface area contributed by atoms with Gasteiger partial charge in [0, 0.05) is 18.1 Å². The molecule has 84 valence electrons. The molecule has 2 rings (SSSR count). The van der Waals surface area contributed by atoms with E-state index in [1.165, 1.54) is 0 Å². The van der Waals surface area contributed by atoms with Gasteiger partial charge in [-0.2, -0.15) is 0 Å². The summed E-state index contributed by atoms with van der Waals surface area (Å²) in [6, 6.07) is 7.50. The first kappa shape index (κ1) is 10.9. The number of aromatic nitrogens is 1. The third kappa shape index (κ3) is 1.85. The van der Waals surface area contributed by atoms with Crippen molar-refractivity contribution in [3.63, 3.8) is 0 Å². The van der Waals surface area contributed by atoms with Crippen LogP contribution < -0.4 is 10.5 Å². The van der Waals surface area contributed by atoms with Crippen LogP contribution in [-0.4, -0.2) is 23.7 Å². The number of nitrogens with two attached hydrogens (primary N) is 1. The van der Waals surface area contributed by atoms with Crippen molar-refractivity contribution in [3.8, 4) is 5.88 Å². The second kappa shape index (κ2) is 4.47. The molecule has 1 aromatic carbocycles. The Hall–Kier alpha value is -1.65. The smallest absolute Gasteiger partial charge is 0.221 e. The van der Waals surface area contributed by atoms with Crippen molar-refractivity contribution in [1.29, 1.82) is 0 Å². The Balaban J connectivity index is 2.55. The van der Waals surface area contributed by atoms with E-state index in [0.29, 0.717) is 5.88 Å².